The molecule has 10 nitrogen and oxygen atoms in total. The third-order valence-corrected chi connectivity index (χ3v) is 7.18. The van der Waals surface area contributed by atoms with Crippen LogP contribution < -0.4 is 16.2 Å². The lowest BCUT2D eigenvalue weighted by Gasteiger charge is -2.34. The van der Waals surface area contributed by atoms with E-state index >= 15 is 0 Å². The van der Waals surface area contributed by atoms with Gasteiger partial charge in [0.25, 0.3) is 17.4 Å². The third kappa shape index (κ3) is 4.58. The van der Waals surface area contributed by atoms with Gasteiger partial charge in [0.05, 0.1) is 28.0 Å². The van der Waals surface area contributed by atoms with Crippen LogP contribution in [0.5, 0.6) is 0 Å². The molecule has 5 rings (SSSR count). The largest absolute Gasteiger partial charge is 0.355 e. The maximum absolute atomic E-state index is 13.8. The summed E-state index contributed by atoms with van der Waals surface area (Å²) in [5, 5.41) is 5.87. The highest BCUT2D eigenvalue weighted by molar-refractivity contribution is 9.10. The Kier molecular flexibility index (Phi) is 6.78. The Hall–Kier alpha value is -3.99. The monoisotopic (exact) mass is 577 g/mol. The third-order valence-electron chi connectivity index (χ3n) is 6.60. The van der Waals surface area contributed by atoms with Crippen molar-refractivity contribution in [3.05, 3.63) is 86.1 Å². The van der Waals surface area contributed by atoms with Gasteiger partial charge in [-0.25, -0.2) is 14.5 Å². The first-order chi connectivity index (χ1) is 18.2. The number of benzene rings is 1. The summed E-state index contributed by atoms with van der Waals surface area (Å²) in [5.41, 5.74) is 3.31. The molecule has 0 saturated carbocycles. The predicted octanol–water partition coefficient (Wildman–Crippen LogP) is 3.41. The maximum atomic E-state index is 13.8. The zero-order chi connectivity index (χ0) is 27.1. The van der Waals surface area contributed by atoms with Crippen LogP contribution in [0.2, 0.25) is 0 Å². The van der Waals surface area contributed by atoms with Crippen LogP contribution in [0.3, 0.4) is 0 Å². The highest BCUT2D eigenvalue weighted by Crippen LogP contribution is 2.26. The van der Waals surface area contributed by atoms with E-state index < -0.39 is 0 Å². The van der Waals surface area contributed by atoms with Crippen LogP contribution in [0.4, 0.5) is 5.95 Å². The zero-order valence-corrected chi connectivity index (χ0v) is 23.1. The number of fused-ring (bicyclic) bond motifs is 2. The number of halogens is 1. The van der Waals surface area contributed by atoms with Gasteiger partial charge >= 0.3 is 0 Å². The van der Waals surface area contributed by atoms with Crippen LogP contribution in [0.1, 0.15) is 52.7 Å². The molecule has 0 fully saturated rings. The van der Waals surface area contributed by atoms with E-state index in [9.17, 15) is 14.4 Å². The van der Waals surface area contributed by atoms with E-state index in [1.54, 1.807) is 69.8 Å². The molecule has 196 valence electrons. The van der Waals surface area contributed by atoms with Gasteiger partial charge in [0.15, 0.2) is 5.65 Å². The molecule has 0 spiro atoms. The summed E-state index contributed by atoms with van der Waals surface area (Å²) in [4.78, 5) is 50.3. The molecular formula is C27H28BrN7O3. The van der Waals surface area contributed by atoms with E-state index in [1.807, 2.05) is 20.8 Å². The number of amides is 2. The first kappa shape index (κ1) is 25.7. The average molecular weight is 578 g/mol. The molecule has 1 aliphatic heterocycles. The van der Waals surface area contributed by atoms with E-state index in [1.165, 1.54) is 0 Å². The topological polar surface area (TPSA) is 114 Å². The molecule has 0 bridgehead atoms. The van der Waals surface area contributed by atoms with Crippen molar-refractivity contribution in [1.29, 1.82) is 0 Å². The fourth-order valence-corrected chi connectivity index (χ4v) is 5.26. The summed E-state index contributed by atoms with van der Waals surface area (Å²) in [7, 11) is 1.57. The highest BCUT2D eigenvalue weighted by atomic mass is 79.9. The maximum Gasteiger partial charge on any atom is 0.263 e. The fraction of sp³-hybridized carbons (Fsp3) is 0.296. The number of pyridine rings is 1. The molecule has 3 aromatic heterocycles. The molecule has 1 atom stereocenters. The second kappa shape index (κ2) is 10.1. The number of aromatic nitrogens is 4. The number of nitrogens with one attached hydrogen (secondary N) is 2. The van der Waals surface area contributed by atoms with Gasteiger partial charge in [-0.05, 0) is 73.5 Å². The number of hydrogen-bond donors (Lipinski definition) is 2. The SMILES string of the molecule is CNC(=O)c1ccc(-n2c(NC(C)C)nc3c(c2=O)C[C@@H](C)N(C(=O)c2cc(Br)c4nccn4c2)C3)cc1. The minimum absolute atomic E-state index is 0.0100. The van der Waals surface area contributed by atoms with Gasteiger partial charge < -0.3 is 19.9 Å². The Labute approximate surface area is 227 Å². The van der Waals surface area contributed by atoms with Crippen molar-refractivity contribution in [3.63, 3.8) is 0 Å². The minimum Gasteiger partial charge on any atom is -0.355 e. The molecule has 1 aliphatic rings. The Balaban J connectivity index is 1.54. The Morgan fingerprint density at radius 3 is 2.58 bits per heavy atom. The molecule has 0 radical (unpaired) electrons. The average Bonchev–Trinajstić information content (AvgIpc) is 3.37. The molecule has 2 N–H and O–H groups in total. The molecule has 1 aromatic carbocycles. The fourth-order valence-electron chi connectivity index (χ4n) is 4.70. The molecule has 38 heavy (non-hydrogen) atoms. The molecule has 0 saturated heterocycles. The van der Waals surface area contributed by atoms with Crippen molar-refractivity contribution in [2.24, 2.45) is 0 Å². The van der Waals surface area contributed by atoms with Gasteiger partial charge in [0.1, 0.15) is 0 Å². The van der Waals surface area contributed by atoms with Gasteiger partial charge in [0, 0.05) is 48.8 Å². The van der Waals surface area contributed by atoms with E-state index in [0.29, 0.717) is 40.4 Å². The van der Waals surface area contributed by atoms with Gasteiger partial charge in [-0.2, -0.15) is 0 Å². The first-order valence-corrected chi connectivity index (χ1v) is 13.1. The Morgan fingerprint density at radius 1 is 1.16 bits per heavy atom. The molecule has 4 heterocycles. The summed E-state index contributed by atoms with van der Waals surface area (Å²) in [5.74, 6) is 0.0420. The molecule has 0 unspecified atom stereocenters. The molecule has 4 aromatic rings. The lowest BCUT2D eigenvalue weighted by atomic mass is 9.98. The van der Waals surface area contributed by atoms with E-state index in [-0.39, 0.29) is 36.0 Å². The minimum atomic E-state index is -0.213. The van der Waals surface area contributed by atoms with Crippen LogP contribution >= 0.6 is 15.9 Å². The molecule has 11 heteroatoms. The van der Waals surface area contributed by atoms with E-state index in [4.69, 9.17) is 4.98 Å². The number of imidazole rings is 1. The lowest BCUT2D eigenvalue weighted by Crippen LogP contribution is -2.46. The number of nitrogens with zero attached hydrogens (tertiary/aromatic N) is 5. The number of rotatable bonds is 5. The number of carbonyl (C=O) groups excluding carboxylic acids is 2. The Morgan fingerprint density at radius 2 is 1.89 bits per heavy atom. The highest BCUT2D eigenvalue weighted by Gasteiger charge is 2.32. The summed E-state index contributed by atoms with van der Waals surface area (Å²) in [6.45, 7) is 6.08. The Bertz CT molecular complexity index is 1610. The van der Waals surface area contributed by atoms with Crippen LogP contribution in [-0.2, 0) is 13.0 Å². The number of anilines is 1. The van der Waals surface area contributed by atoms with Crippen LogP contribution in [0.25, 0.3) is 11.3 Å². The van der Waals surface area contributed by atoms with Gasteiger partial charge in [-0.1, -0.05) is 0 Å². The van der Waals surface area contributed by atoms with Crippen molar-refractivity contribution in [2.75, 3.05) is 12.4 Å². The number of carbonyl (C=O) groups is 2. The zero-order valence-electron chi connectivity index (χ0n) is 21.5. The van der Waals surface area contributed by atoms with Crippen molar-refractivity contribution < 1.29 is 9.59 Å². The standard InChI is InChI=1S/C27H28BrN7O3/c1-15(2)31-27-32-22-14-34(25(37)18-12-21(28)23-30-9-10-33(23)13-18)16(3)11-20(22)26(38)35(27)19-7-5-17(6-8-19)24(36)29-4/h5-10,12-13,15-16H,11,14H2,1-4H3,(H,29,36)(H,31,32)/t16-/m1/s1. The van der Waals surface area contributed by atoms with E-state index in [0.717, 1.165) is 10.1 Å². The second-order valence-electron chi connectivity index (χ2n) is 9.65. The van der Waals surface area contributed by atoms with Gasteiger partial charge in [0.2, 0.25) is 5.95 Å². The van der Waals surface area contributed by atoms with Gasteiger partial charge in [-0.3, -0.25) is 14.4 Å². The van der Waals surface area contributed by atoms with Crippen molar-refractivity contribution in [1.82, 2.24) is 29.2 Å². The molecule has 0 aliphatic carbocycles. The normalized spacial score (nSPS) is 15.0. The summed E-state index contributed by atoms with van der Waals surface area (Å²) >= 11 is 3.51. The van der Waals surface area contributed by atoms with Crippen molar-refractivity contribution in [3.8, 4) is 5.69 Å². The summed E-state index contributed by atoms with van der Waals surface area (Å²) in [6, 6.07) is 8.39. The van der Waals surface area contributed by atoms with E-state index in [2.05, 4.69) is 31.5 Å². The van der Waals surface area contributed by atoms with Crippen LogP contribution in [0, 0.1) is 0 Å². The second-order valence-corrected chi connectivity index (χ2v) is 10.5. The number of hydrogen-bond acceptors (Lipinski definition) is 6. The van der Waals surface area contributed by atoms with Crippen LogP contribution in [-0.4, -0.2) is 54.8 Å². The summed E-state index contributed by atoms with van der Waals surface area (Å²) < 4.78 is 4.07. The smallest absolute Gasteiger partial charge is 0.263 e. The van der Waals surface area contributed by atoms with Crippen molar-refractivity contribution in [2.45, 2.75) is 45.8 Å². The molecular weight excluding hydrogens is 550 g/mol. The summed E-state index contributed by atoms with van der Waals surface area (Å²) in [6.07, 6.45) is 5.61. The lowest BCUT2D eigenvalue weighted by molar-refractivity contribution is 0.0652. The van der Waals surface area contributed by atoms with Crippen LogP contribution in [0.15, 0.2) is 58.2 Å². The first-order valence-electron chi connectivity index (χ1n) is 12.3. The van der Waals surface area contributed by atoms with Crippen molar-refractivity contribution >= 4 is 39.3 Å². The predicted molar refractivity (Wildman–Crippen MR) is 148 cm³/mol. The quantitative estimate of drug-likeness (QED) is 0.376. The van der Waals surface area contributed by atoms with Gasteiger partial charge in [-0.15, -0.1) is 0 Å². The molecule has 2 amide bonds.